The van der Waals surface area contributed by atoms with Gasteiger partial charge in [0.15, 0.2) is 0 Å². The molecule has 0 saturated carbocycles. The fourth-order valence-electron chi connectivity index (χ4n) is 1.21. The van der Waals surface area contributed by atoms with E-state index >= 15 is 0 Å². The molecule has 1 aromatic heterocycles. The van der Waals surface area contributed by atoms with Gasteiger partial charge in [-0.2, -0.15) is 0 Å². The Kier molecular flexibility index (Phi) is 4.54. The highest BCUT2D eigenvalue weighted by molar-refractivity contribution is 4.86. The van der Waals surface area contributed by atoms with E-state index in [0.717, 1.165) is 37.7 Å². The number of aromatic amines is 1. The first-order valence-electron chi connectivity index (χ1n) is 4.98. The van der Waals surface area contributed by atoms with Crippen LogP contribution in [0.2, 0.25) is 0 Å². The lowest BCUT2D eigenvalue weighted by Crippen LogP contribution is -2.21. The molecule has 0 spiro atoms. The molecule has 0 radical (unpaired) electrons. The zero-order valence-electron chi connectivity index (χ0n) is 8.51. The molecule has 0 unspecified atom stereocenters. The molecular formula is C10H19N3. The highest BCUT2D eigenvalue weighted by Crippen LogP contribution is 1.94. The predicted molar refractivity (Wildman–Crippen MR) is 54.6 cm³/mol. The van der Waals surface area contributed by atoms with Crippen LogP contribution in [-0.4, -0.2) is 23.1 Å². The second-order valence-corrected chi connectivity index (χ2v) is 3.74. The molecule has 74 valence electrons. The van der Waals surface area contributed by atoms with E-state index in [1.807, 2.05) is 6.20 Å². The Morgan fingerprint density at radius 3 is 3.00 bits per heavy atom. The number of rotatable bonds is 6. The second kappa shape index (κ2) is 5.75. The normalized spacial score (nSPS) is 11.0. The molecular weight excluding hydrogens is 162 g/mol. The number of nitrogens with zero attached hydrogens (tertiary/aromatic N) is 1. The first-order chi connectivity index (χ1) is 6.29. The van der Waals surface area contributed by atoms with Crippen molar-refractivity contribution in [3.05, 3.63) is 18.2 Å². The van der Waals surface area contributed by atoms with Crippen LogP contribution in [0.5, 0.6) is 0 Å². The minimum Gasteiger partial charge on any atom is -0.349 e. The molecule has 0 atom stereocenters. The van der Waals surface area contributed by atoms with Crippen molar-refractivity contribution < 1.29 is 0 Å². The van der Waals surface area contributed by atoms with Crippen molar-refractivity contribution in [2.75, 3.05) is 13.1 Å². The minimum absolute atomic E-state index is 0.739. The van der Waals surface area contributed by atoms with E-state index in [2.05, 4.69) is 29.1 Å². The largest absolute Gasteiger partial charge is 0.349 e. The van der Waals surface area contributed by atoms with Gasteiger partial charge in [0.1, 0.15) is 5.82 Å². The fraction of sp³-hybridized carbons (Fsp3) is 0.700. The number of nitrogens with one attached hydrogen (secondary N) is 2. The van der Waals surface area contributed by atoms with E-state index in [-0.39, 0.29) is 0 Å². The molecule has 0 aliphatic carbocycles. The van der Waals surface area contributed by atoms with Crippen molar-refractivity contribution in [2.45, 2.75) is 26.7 Å². The van der Waals surface area contributed by atoms with Gasteiger partial charge in [-0.1, -0.05) is 13.8 Å². The third-order valence-corrected chi connectivity index (χ3v) is 1.87. The SMILES string of the molecule is CC(C)CNCCCc1ncc[nH]1. The lowest BCUT2D eigenvalue weighted by atomic mass is 10.2. The molecule has 1 aromatic rings. The van der Waals surface area contributed by atoms with Gasteiger partial charge in [0.25, 0.3) is 0 Å². The number of imidazole rings is 1. The van der Waals surface area contributed by atoms with Gasteiger partial charge in [-0.05, 0) is 25.4 Å². The Morgan fingerprint density at radius 2 is 2.38 bits per heavy atom. The summed E-state index contributed by atoms with van der Waals surface area (Å²) in [5.41, 5.74) is 0. The van der Waals surface area contributed by atoms with Gasteiger partial charge >= 0.3 is 0 Å². The van der Waals surface area contributed by atoms with Crippen LogP contribution in [0.4, 0.5) is 0 Å². The quantitative estimate of drug-likeness (QED) is 0.654. The lowest BCUT2D eigenvalue weighted by Gasteiger charge is -2.05. The Labute approximate surface area is 80.0 Å². The summed E-state index contributed by atoms with van der Waals surface area (Å²) in [7, 11) is 0. The number of aryl methyl sites for hydroxylation is 1. The monoisotopic (exact) mass is 181 g/mol. The van der Waals surface area contributed by atoms with Crippen LogP contribution in [0, 0.1) is 5.92 Å². The standard InChI is InChI=1S/C10H19N3/c1-9(2)8-11-5-3-4-10-12-6-7-13-10/h6-7,9,11H,3-5,8H2,1-2H3,(H,12,13). The average Bonchev–Trinajstić information content (AvgIpc) is 2.55. The van der Waals surface area contributed by atoms with E-state index in [1.165, 1.54) is 0 Å². The van der Waals surface area contributed by atoms with Crippen molar-refractivity contribution in [1.82, 2.24) is 15.3 Å². The van der Waals surface area contributed by atoms with Crippen molar-refractivity contribution in [2.24, 2.45) is 5.92 Å². The van der Waals surface area contributed by atoms with Gasteiger partial charge < -0.3 is 10.3 Å². The van der Waals surface area contributed by atoms with Crippen molar-refractivity contribution in [3.63, 3.8) is 0 Å². The van der Waals surface area contributed by atoms with E-state index in [1.54, 1.807) is 6.20 Å². The maximum Gasteiger partial charge on any atom is 0.106 e. The molecule has 0 aromatic carbocycles. The Morgan fingerprint density at radius 1 is 1.54 bits per heavy atom. The van der Waals surface area contributed by atoms with Gasteiger partial charge in [-0.3, -0.25) is 0 Å². The highest BCUT2D eigenvalue weighted by atomic mass is 14.9. The first-order valence-corrected chi connectivity index (χ1v) is 4.98. The average molecular weight is 181 g/mol. The Balaban J connectivity index is 1.96. The third kappa shape index (κ3) is 4.68. The summed E-state index contributed by atoms with van der Waals surface area (Å²) in [5.74, 6) is 1.83. The summed E-state index contributed by atoms with van der Waals surface area (Å²) in [5, 5.41) is 3.41. The summed E-state index contributed by atoms with van der Waals surface area (Å²) >= 11 is 0. The van der Waals surface area contributed by atoms with Crippen LogP contribution in [0.25, 0.3) is 0 Å². The van der Waals surface area contributed by atoms with Crippen molar-refractivity contribution in [3.8, 4) is 0 Å². The highest BCUT2D eigenvalue weighted by Gasteiger charge is 1.95. The molecule has 0 aliphatic heterocycles. The molecule has 0 fully saturated rings. The lowest BCUT2D eigenvalue weighted by molar-refractivity contribution is 0.541. The van der Waals surface area contributed by atoms with Crippen LogP contribution >= 0.6 is 0 Å². The van der Waals surface area contributed by atoms with Crippen LogP contribution in [0.3, 0.4) is 0 Å². The van der Waals surface area contributed by atoms with Gasteiger partial charge in [0.05, 0.1) is 0 Å². The van der Waals surface area contributed by atoms with Gasteiger partial charge in [-0.15, -0.1) is 0 Å². The number of hydrogen-bond acceptors (Lipinski definition) is 2. The summed E-state index contributed by atoms with van der Waals surface area (Å²) in [4.78, 5) is 7.26. The predicted octanol–water partition coefficient (Wildman–Crippen LogP) is 1.59. The molecule has 0 aliphatic rings. The molecule has 13 heavy (non-hydrogen) atoms. The molecule has 0 bridgehead atoms. The smallest absolute Gasteiger partial charge is 0.106 e. The van der Waals surface area contributed by atoms with Crippen LogP contribution < -0.4 is 5.32 Å². The summed E-state index contributed by atoms with van der Waals surface area (Å²) in [6.45, 7) is 6.64. The third-order valence-electron chi connectivity index (χ3n) is 1.87. The second-order valence-electron chi connectivity index (χ2n) is 3.74. The molecule has 1 rings (SSSR count). The van der Waals surface area contributed by atoms with Crippen molar-refractivity contribution in [1.29, 1.82) is 0 Å². The van der Waals surface area contributed by atoms with Crippen LogP contribution in [0.15, 0.2) is 12.4 Å². The minimum atomic E-state index is 0.739. The molecule has 0 saturated heterocycles. The first kappa shape index (κ1) is 10.3. The zero-order valence-corrected chi connectivity index (χ0v) is 8.51. The molecule has 3 heteroatoms. The van der Waals surface area contributed by atoms with E-state index < -0.39 is 0 Å². The number of aromatic nitrogens is 2. The molecule has 1 heterocycles. The van der Waals surface area contributed by atoms with Crippen LogP contribution in [0.1, 0.15) is 26.1 Å². The Bertz CT molecular complexity index is 204. The number of hydrogen-bond donors (Lipinski definition) is 2. The fourth-order valence-corrected chi connectivity index (χ4v) is 1.21. The molecule has 2 N–H and O–H groups in total. The molecule has 3 nitrogen and oxygen atoms in total. The van der Waals surface area contributed by atoms with E-state index in [9.17, 15) is 0 Å². The van der Waals surface area contributed by atoms with Crippen LogP contribution in [-0.2, 0) is 6.42 Å². The van der Waals surface area contributed by atoms with Gasteiger partial charge in [0, 0.05) is 18.8 Å². The summed E-state index contributed by atoms with van der Waals surface area (Å²) in [6.07, 6.45) is 5.87. The maximum atomic E-state index is 4.17. The topological polar surface area (TPSA) is 40.7 Å². The van der Waals surface area contributed by atoms with Gasteiger partial charge in [0.2, 0.25) is 0 Å². The van der Waals surface area contributed by atoms with Crippen molar-refractivity contribution >= 4 is 0 Å². The maximum absolute atomic E-state index is 4.17. The van der Waals surface area contributed by atoms with E-state index in [0.29, 0.717) is 0 Å². The van der Waals surface area contributed by atoms with Gasteiger partial charge in [-0.25, -0.2) is 4.98 Å². The number of H-pyrrole nitrogens is 1. The zero-order chi connectivity index (χ0) is 9.52. The van der Waals surface area contributed by atoms with E-state index in [4.69, 9.17) is 0 Å². The summed E-state index contributed by atoms with van der Waals surface area (Å²) < 4.78 is 0. The Hall–Kier alpha value is -0.830. The summed E-state index contributed by atoms with van der Waals surface area (Å²) in [6, 6.07) is 0. The molecule has 0 amide bonds.